The van der Waals surface area contributed by atoms with Crippen LogP contribution in [0.3, 0.4) is 0 Å². The Morgan fingerprint density at radius 3 is 2.97 bits per heavy atom. The molecule has 1 fully saturated rings. The van der Waals surface area contributed by atoms with Gasteiger partial charge in [-0.05, 0) is 59.7 Å². The van der Waals surface area contributed by atoms with Crippen molar-refractivity contribution in [1.29, 1.82) is 0 Å². The van der Waals surface area contributed by atoms with Gasteiger partial charge in [0.2, 0.25) is 0 Å². The van der Waals surface area contributed by atoms with E-state index in [9.17, 15) is 9.18 Å². The maximum atomic E-state index is 13.8. The summed E-state index contributed by atoms with van der Waals surface area (Å²) in [5, 5.41) is 3.30. The molecule has 0 aromatic heterocycles. The lowest BCUT2D eigenvalue weighted by Gasteiger charge is -2.21. The van der Waals surface area contributed by atoms with E-state index in [0.29, 0.717) is 48.0 Å². The van der Waals surface area contributed by atoms with Gasteiger partial charge in [0.25, 0.3) is 0 Å². The lowest BCUT2D eigenvalue weighted by Crippen LogP contribution is -2.22. The standard InChI is InChI=1S/C24H27FN2O3S/c1-14(2)26-10-4-5-15-11-17(25)6-9-21(15)31-27-20-8-7-18-19-12-16(19)13-30-23(18)22(20)24(28)29-3/h4-9,11,14,16,19,26-27H,10,12-13H2,1-3H3/b5-4-. The molecular weight excluding hydrogens is 415 g/mol. The van der Waals surface area contributed by atoms with Gasteiger partial charge in [0.05, 0.1) is 19.4 Å². The zero-order valence-electron chi connectivity index (χ0n) is 17.9. The monoisotopic (exact) mass is 442 g/mol. The third-order valence-corrected chi connectivity index (χ3v) is 6.44. The van der Waals surface area contributed by atoms with Crippen molar-refractivity contribution in [2.45, 2.75) is 37.1 Å². The van der Waals surface area contributed by atoms with Crippen molar-refractivity contribution >= 4 is 29.7 Å². The van der Waals surface area contributed by atoms with Crippen LogP contribution in [0.2, 0.25) is 0 Å². The minimum absolute atomic E-state index is 0.294. The Balaban J connectivity index is 1.56. The molecule has 7 heteroatoms. The molecule has 2 N–H and O–H groups in total. The van der Waals surface area contributed by atoms with Crippen LogP contribution in [0.25, 0.3) is 6.08 Å². The molecule has 1 heterocycles. The fourth-order valence-corrected chi connectivity index (χ4v) is 4.55. The molecule has 0 bridgehead atoms. The summed E-state index contributed by atoms with van der Waals surface area (Å²) in [7, 11) is 1.37. The minimum atomic E-state index is -0.432. The quantitative estimate of drug-likeness (QED) is 0.431. The number of hydrogen-bond donors (Lipinski definition) is 2. The van der Waals surface area contributed by atoms with E-state index in [1.807, 2.05) is 24.3 Å². The number of fused-ring (bicyclic) bond motifs is 3. The molecule has 2 aromatic carbocycles. The number of rotatable bonds is 8. The Morgan fingerprint density at radius 1 is 1.35 bits per heavy atom. The maximum Gasteiger partial charge on any atom is 0.343 e. The second-order valence-corrected chi connectivity index (χ2v) is 9.01. The molecule has 4 rings (SSSR count). The van der Waals surface area contributed by atoms with Crippen molar-refractivity contribution in [3.05, 3.63) is 58.9 Å². The fourth-order valence-electron chi connectivity index (χ4n) is 3.78. The summed E-state index contributed by atoms with van der Waals surface area (Å²) in [4.78, 5) is 13.4. The van der Waals surface area contributed by atoms with E-state index in [-0.39, 0.29) is 5.82 Å². The van der Waals surface area contributed by atoms with Gasteiger partial charge >= 0.3 is 5.97 Å². The predicted octanol–water partition coefficient (Wildman–Crippen LogP) is 5.24. The number of halogens is 1. The molecule has 1 aliphatic heterocycles. The van der Waals surface area contributed by atoms with Crippen molar-refractivity contribution in [3.8, 4) is 5.75 Å². The van der Waals surface area contributed by atoms with E-state index in [4.69, 9.17) is 9.47 Å². The Labute approximate surface area is 186 Å². The van der Waals surface area contributed by atoms with E-state index in [2.05, 4.69) is 23.9 Å². The number of anilines is 1. The molecule has 2 aromatic rings. The first-order valence-corrected chi connectivity index (χ1v) is 11.3. The number of nitrogens with one attached hydrogen (secondary N) is 2. The molecule has 5 nitrogen and oxygen atoms in total. The Kier molecular flexibility index (Phi) is 6.53. The first kappa shape index (κ1) is 21.7. The van der Waals surface area contributed by atoms with Crippen LogP contribution >= 0.6 is 11.9 Å². The van der Waals surface area contributed by atoms with Crippen LogP contribution in [0.4, 0.5) is 10.1 Å². The SMILES string of the molecule is COC(=O)c1c(NSc2ccc(F)cc2/C=C\CNC(C)C)ccc2c1OCC1CC21. The van der Waals surface area contributed by atoms with Gasteiger partial charge in [0.15, 0.2) is 0 Å². The highest BCUT2D eigenvalue weighted by molar-refractivity contribution is 8.00. The molecule has 1 aliphatic carbocycles. The van der Waals surface area contributed by atoms with Crippen molar-refractivity contribution < 1.29 is 18.7 Å². The van der Waals surface area contributed by atoms with E-state index in [1.165, 1.54) is 31.2 Å². The lowest BCUT2D eigenvalue weighted by atomic mass is 10.0. The average Bonchev–Trinajstić information content (AvgIpc) is 3.55. The van der Waals surface area contributed by atoms with Gasteiger partial charge in [-0.1, -0.05) is 32.1 Å². The van der Waals surface area contributed by atoms with Crippen molar-refractivity contribution in [2.75, 3.05) is 25.0 Å². The third-order valence-electron chi connectivity index (χ3n) is 5.53. The average molecular weight is 443 g/mol. The number of carbonyl (C=O) groups excluding carboxylic acids is 1. The molecule has 1 saturated carbocycles. The topological polar surface area (TPSA) is 59.6 Å². The van der Waals surface area contributed by atoms with Crippen LogP contribution in [-0.4, -0.2) is 32.3 Å². The third kappa shape index (κ3) is 4.88. The van der Waals surface area contributed by atoms with Gasteiger partial charge in [-0.25, -0.2) is 9.18 Å². The maximum absolute atomic E-state index is 13.8. The van der Waals surface area contributed by atoms with E-state index in [1.54, 1.807) is 6.07 Å². The summed E-state index contributed by atoms with van der Waals surface area (Å²) in [5.74, 6) is 0.928. The second kappa shape index (κ2) is 9.32. The van der Waals surface area contributed by atoms with Crippen LogP contribution in [0.1, 0.15) is 47.7 Å². The van der Waals surface area contributed by atoms with Gasteiger partial charge in [0, 0.05) is 23.4 Å². The van der Waals surface area contributed by atoms with Crippen molar-refractivity contribution in [2.24, 2.45) is 5.92 Å². The highest BCUT2D eigenvalue weighted by Gasteiger charge is 2.45. The second-order valence-electron chi connectivity index (χ2n) is 8.16. The molecule has 2 aliphatic rings. The minimum Gasteiger partial charge on any atom is -0.492 e. The largest absolute Gasteiger partial charge is 0.492 e. The fraction of sp³-hybridized carbons (Fsp3) is 0.375. The Hall–Kier alpha value is -2.51. The first-order valence-electron chi connectivity index (χ1n) is 10.5. The molecule has 31 heavy (non-hydrogen) atoms. The molecule has 0 amide bonds. The molecule has 2 atom stereocenters. The van der Waals surface area contributed by atoms with Crippen molar-refractivity contribution in [3.63, 3.8) is 0 Å². The van der Waals surface area contributed by atoms with Crippen LogP contribution in [-0.2, 0) is 4.74 Å². The summed E-state index contributed by atoms with van der Waals surface area (Å²) < 4.78 is 28.1. The molecule has 0 radical (unpaired) electrons. The van der Waals surface area contributed by atoms with Gasteiger partial charge in [-0.15, -0.1) is 0 Å². The summed E-state index contributed by atoms with van der Waals surface area (Å²) >= 11 is 1.33. The van der Waals surface area contributed by atoms with Crippen LogP contribution in [0, 0.1) is 11.7 Å². The van der Waals surface area contributed by atoms with E-state index in [0.717, 1.165) is 22.4 Å². The van der Waals surface area contributed by atoms with Gasteiger partial charge < -0.3 is 19.5 Å². The zero-order chi connectivity index (χ0) is 22.0. The Morgan fingerprint density at radius 2 is 2.19 bits per heavy atom. The highest BCUT2D eigenvalue weighted by Crippen LogP contribution is 2.55. The number of methoxy groups -OCH3 is 1. The van der Waals surface area contributed by atoms with Gasteiger partial charge in [0.1, 0.15) is 17.1 Å². The molecule has 0 saturated heterocycles. The van der Waals surface area contributed by atoms with Crippen molar-refractivity contribution in [1.82, 2.24) is 5.32 Å². The molecular formula is C24H27FN2O3S. The van der Waals surface area contributed by atoms with Crippen LogP contribution < -0.4 is 14.8 Å². The number of ether oxygens (including phenoxy) is 2. The molecule has 164 valence electrons. The normalized spacial score (nSPS) is 19.0. The number of benzene rings is 2. The summed E-state index contributed by atoms with van der Waals surface area (Å²) in [5.41, 5.74) is 2.88. The lowest BCUT2D eigenvalue weighted by molar-refractivity contribution is 0.0596. The summed E-state index contributed by atoms with van der Waals surface area (Å²) in [6.45, 7) is 5.48. The molecule has 0 spiro atoms. The van der Waals surface area contributed by atoms with Gasteiger partial charge in [-0.2, -0.15) is 0 Å². The predicted molar refractivity (Wildman–Crippen MR) is 122 cm³/mol. The highest BCUT2D eigenvalue weighted by atomic mass is 32.2. The number of esters is 1. The Bertz CT molecular complexity index is 1010. The summed E-state index contributed by atoms with van der Waals surface area (Å²) in [6, 6.07) is 8.95. The van der Waals surface area contributed by atoms with Crippen LogP contribution in [0.15, 0.2) is 41.3 Å². The zero-order valence-corrected chi connectivity index (χ0v) is 18.7. The molecule has 2 unspecified atom stereocenters. The number of carbonyl (C=O) groups is 1. The smallest absolute Gasteiger partial charge is 0.343 e. The number of hydrogen-bond acceptors (Lipinski definition) is 6. The summed E-state index contributed by atoms with van der Waals surface area (Å²) in [6.07, 6.45) is 4.97. The van der Waals surface area contributed by atoms with E-state index < -0.39 is 5.97 Å². The van der Waals surface area contributed by atoms with Gasteiger partial charge in [-0.3, -0.25) is 0 Å². The van der Waals surface area contributed by atoms with Crippen LogP contribution in [0.5, 0.6) is 5.75 Å². The first-order chi connectivity index (χ1) is 15.0. The van der Waals surface area contributed by atoms with E-state index >= 15 is 0 Å².